The van der Waals surface area contributed by atoms with E-state index in [1.807, 2.05) is 13.1 Å². The molecule has 1 aromatic carbocycles. The summed E-state index contributed by atoms with van der Waals surface area (Å²) in [6.07, 6.45) is -3.73. The molecule has 4 aliphatic rings. The maximum Gasteiger partial charge on any atom is 0.349 e. The first-order chi connectivity index (χ1) is 22.8. The Bertz CT molecular complexity index is 1600. The summed E-state index contributed by atoms with van der Waals surface area (Å²) in [5, 5.41) is 33.4. The van der Waals surface area contributed by atoms with Crippen LogP contribution in [0.2, 0.25) is 0 Å². The van der Waals surface area contributed by atoms with Crippen molar-refractivity contribution >= 4 is 29.8 Å². The number of hydrogen-bond donors (Lipinski definition) is 4. The van der Waals surface area contributed by atoms with E-state index in [-0.39, 0.29) is 24.8 Å². The Morgan fingerprint density at radius 3 is 2.65 bits per heavy atom. The Hall–Kier alpha value is -4.69. The number of carbonyl (C=O) groups excluding carboxylic acids is 4. The molecule has 5 rings (SSSR count). The monoisotopic (exact) mass is 670 g/mol. The lowest BCUT2D eigenvalue weighted by Crippen LogP contribution is -2.74. The highest BCUT2D eigenvalue weighted by molar-refractivity contribution is 5.87. The smallest absolute Gasteiger partial charge is 0.349 e. The van der Waals surface area contributed by atoms with Gasteiger partial charge in [0, 0.05) is 30.6 Å². The van der Waals surface area contributed by atoms with Crippen LogP contribution >= 0.6 is 0 Å². The standard InChI is InChI=1S/C33H38N2O13/c1-5-6-21(30(40)41)47-31(42)22(46-24(37)10-13-34-29(39)17(2)36)16-25(38)45-20-9-11-33(43)23-15-18-7-8-19(44-4)27-26(18)32(33,28(20)48-27)12-14-35(23)3/h6-9,17,21-23,28,36,43H,1,10-16H2,2-4H3,(H,34,39)(H,40,41)/t17-,21?,22-,23+,28-,32-,33+/m0/s1. The summed E-state index contributed by atoms with van der Waals surface area (Å²) >= 11 is 0. The molecule has 2 heterocycles. The number of likely N-dealkylation sites (N-methyl/N-ethyl adjacent to an activating group) is 1. The summed E-state index contributed by atoms with van der Waals surface area (Å²) in [6, 6.07) is 3.50. The van der Waals surface area contributed by atoms with E-state index in [0.717, 1.165) is 17.2 Å². The van der Waals surface area contributed by atoms with Crippen LogP contribution in [0.5, 0.6) is 11.5 Å². The molecule has 2 aliphatic carbocycles. The molecule has 1 aromatic rings. The Balaban J connectivity index is 1.38. The zero-order valence-electron chi connectivity index (χ0n) is 26.7. The number of methoxy groups -OCH3 is 1. The average molecular weight is 671 g/mol. The average Bonchev–Trinajstić information content (AvgIpc) is 3.39. The van der Waals surface area contributed by atoms with E-state index >= 15 is 0 Å². The Morgan fingerprint density at radius 2 is 1.98 bits per heavy atom. The zero-order valence-corrected chi connectivity index (χ0v) is 26.7. The van der Waals surface area contributed by atoms with Crippen molar-refractivity contribution in [3.05, 3.63) is 53.5 Å². The van der Waals surface area contributed by atoms with Gasteiger partial charge in [0.1, 0.15) is 11.9 Å². The van der Waals surface area contributed by atoms with E-state index in [4.69, 9.17) is 23.7 Å². The molecule has 15 nitrogen and oxygen atoms in total. The van der Waals surface area contributed by atoms with Crippen molar-refractivity contribution in [1.82, 2.24) is 10.2 Å². The Morgan fingerprint density at radius 1 is 1.23 bits per heavy atom. The third-order valence-corrected chi connectivity index (χ3v) is 9.44. The van der Waals surface area contributed by atoms with Crippen molar-refractivity contribution in [1.29, 1.82) is 0 Å². The van der Waals surface area contributed by atoms with Crippen LogP contribution in [0.4, 0.5) is 0 Å². The summed E-state index contributed by atoms with van der Waals surface area (Å²) in [5.41, 5.74) is 1.77. The van der Waals surface area contributed by atoms with Crippen LogP contribution in [-0.2, 0) is 50.0 Å². The summed E-state index contributed by atoms with van der Waals surface area (Å²) < 4.78 is 28.0. The molecule has 1 amide bonds. The highest BCUT2D eigenvalue weighted by atomic mass is 16.6. The third-order valence-electron chi connectivity index (χ3n) is 9.44. The number of ether oxygens (including phenoxy) is 5. The molecule has 4 N–H and O–H groups in total. The maximum absolute atomic E-state index is 13.4. The second kappa shape index (κ2) is 13.4. The molecule has 2 bridgehead atoms. The van der Waals surface area contributed by atoms with Gasteiger partial charge in [0.25, 0.3) is 0 Å². The number of aliphatic carboxylic acids is 1. The lowest BCUT2D eigenvalue weighted by atomic mass is 9.50. The number of carbonyl (C=O) groups is 5. The Labute approximate surface area is 275 Å². The van der Waals surface area contributed by atoms with Crippen LogP contribution in [0.1, 0.15) is 43.7 Å². The van der Waals surface area contributed by atoms with Crippen LogP contribution in [0.25, 0.3) is 0 Å². The molecule has 48 heavy (non-hydrogen) atoms. The first-order valence-electron chi connectivity index (χ1n) is 15.4. The lowest BCUT2D eigenvalue weighted by molar-refractivity contribution is -0.178. The van der Waals surface area contributed by atoms with Gasteiger partial charge in [0.05, 0.1) is 31.0 Å². The number of carboxylic acids is 1. The molecule has 0 radical (unpaired) electrons. The minimum absolute atomic E-state index is 0.0939. The number of rotatable bonds is 13. The largest absolute Gasteiger partial charge is 0.493 e. The maximum atomic E-state index is 13.4. The molecular formula is C33H38N2O13. The second-order valence-electron chi connectivity index (χ2n) is 12.2. The molecule has 0 aromatic heterocycles. The van der Waals surface area contributed by atoms with Crippen LogP contribution < -0.4 is 14.8 Å². The topological polar surface area (TPSA) is 207 Å². The number of esters is 3. The van der Waals surface area contributed by atoms with Gasteiger partial charge in [-0.15, -0.1) is 5.73 Å². The van der Waals surface area contributed by atoms with Gasteiger partial charge >= 0.3 is 23.9 Å². The molecular weight excluding hydrogens is 632 g/mol. The van der Waals surface area contributed by atoms with Crippen LogP contribution in [0.15, 0.2) is 42.4 Å². The van der Waals surface area contributed by atoms with Gasteiger partial charge in [0.15, 0.2) is 17.6 Å². The summed E-state index contributed by atoms with van der Waals surface area (Å²) in [6.45, 7) is 4.87. The summed E-state index contributed by atoms with van der Waals surface area (Å²) in [4.78, 5) is 64.4. The van der Waals surface area contributed by atoms with Crippen LogP contribution in [0.3, 0.4) is 0 Å². The number of nitrogens with zero attached hydrogens (tertiary/aromatic N) is 1. The van der Waals surface area contributed by atoms with Gasteiger partial charge < -0.3 is 49.2 Å². The molecule has 2 aliphatic heterocycles. The second-order valence-corrected chi connectivity index (χ2v) is 12.2. The van der Waals surface area contributed by atoms with Gasteiger partial charge in [-0.05, 0) is 51.1 Å². The minimum atomic E-state index is -1.94. The summed E-state index contributed by atoms with van der Waals surface area (Å²) in [7, 11) is 3.46. The molecule has 1 fully saturated rings. The lowest BCUT2D eigenvalue weighted by Gasteiger charge is -2.61. The first kappa shape index (κ1) is 34.6. The molecule has 1 saturated heterocycles. The number of benzene rings is 1. The normalized spacial score (nSPS) is 26.6. The van der Waals surface area contributed by atoms with Gasteiger partial charge in [-0.3, -0.25) is 14.4 Å². The van der Waals surface area contributed by atoms with E-state index in [9.17, 15) is 39.3 Å². The molecule has 258 valence electrons. The molecule has 7 atom stereocenters. The molecule has 1 spiro atoms. The summed E-state index contributed by atoms with van der Waals surface area (Å²) in [5.74, 6) is -4.72. The predicted octanol–water partition coefficient (Wildman–Crippen LogP) is 0.0426. The minimum Gasteiger partial charge on any atom is -0.493 e. The SMILES string of the molecule is C=C=CC(OC(=O)[C@H](CC(=O)OC1=CC[C@@]2(O)[C@H]3Cc4ccc(OC)c5c4[C@@]2(CCN3C)[C@H]1O5)OC(=O)CCNC(=O)[C@H](C)O)C(=O)O. The number of likely N-dealkylation sites (tertiary alicyclic amines) is 1. The van der Waals surface area contributed by atoms with Crippen molar-refractivity contribution < 1.29 is 63.0 Å². The zero-order chi connectivity index (χ0) is 35.0. The third kappa shape index (κ3) is 5.94. The fraction of sp³-hybridized carbons (Fsp3) is 0.515. The van der Waals surface area contributed by atoms with Gasteiger partial charge in [-0.25, -0.2) is 9.59 Å². The fourth-order valence-corrected chi connectivity index (χ4v) is 7.20. The van der Waals surface area contributed by atoms with Crippen molar-refractivity contribution in [2.45, 2.75) is 80.5 Å². The number of carboxylic acid groups (broad SMARTS) is 1. The van der Waals surface area contributed by atoms with E-state index < -0.39 is 78.1 Å². The van der Waals surface area contributed by atoms with Crippen molar-refractivity contribution in [2.24, 2.45) is 0 Å². The number of piperidine rings is 1. The number of amides is 1. The van der Waals surface area contributed by atoms with Crippen LogP contribution in [-0.4, -0.2) is 113 Å². The van der Waals surface area contributed by atoms with Crippen molar-refractivity contribution in [3.8, 4) is 11.5 Å². The van der Waals surface area contributed by atoms with E-state index in [2.05, 4.69) is 22.5 Å². The predicted molar refractivity (Wildman–Crippen MR) is 163 cm³/mol. The quantitative estimate of drug-likeness (QED) is 0.124. The van der Waals surface area contributed by atoms with E-state index in [0.29, 0.717) is 30.9 Å². The van der Waals surface area contributed by atoms with Gasteiger partial charge in [-0.2, -0.15) is 0 Å². The van der Waals surface area contributed by atoms with E-state index in [1.165, 1.54) is 14.0 Å². The fourth-order valence-electron chi connectivity index (χ4n) is 7.20. The van der Waals surface area contributed by atoms with Crippen molar-refractivity contribution in [3.63, 3.8) is 0 Å². The Kier molecular flexibility index (Phi) is 9.70. The molecule has 15 heteroatoms. The van der Waals surface area contributed by atoms with Gasteiger partial charge in [0.2, 0.25) is 18.1 Å². The highest BCUT2D eigenvalue weighted by Gasteiger charge is 2.72. The number of aliphatic hydroxyl groups is 2. The number of aliphatic hydroxyl groups excluding tert-OH is 1. The number of hydrogen-bond acceptors (Lipinski definition) is 13. The number of nitrogens with one attached hydrogen (secondary N) is 1. The first-order valence-corrected chi connectivity index (χ1v) is 15.4. The highest BCUT2D eigenvalue weighted by Crippen LogP contribution is 2.65. The molecule has 1 unspecified atom stereocenters. The molecule has 0 saturated carbocycles. The van der Waals surface area contributed by atoms with Crippen LogP contribution in [0, 0.1) is 0 Å². The van der Waals surface area contributed by atoms with E-state index in [1.54, 1.807) is 12.1 Å². The van der Waals surface area contributed by atoms with Gasteiger partial charge in [-0.1, -0.05) is 12.6 Å². The van der Waals surface area contributed by atoms with Crippen molar-refractivity contribution in [2.75, 3.05) is 27.2 Å².